The third-order valence-electron chi connectivity index (χ3n) is 5.69. The number of nitrogens with one attached hydrogen (secondary N) is 5. The van der Waals surface area contributed by atoms with E-state index in [-0.39, 0.29) is 18.3 Å². The molecule has 1 fully saturated rings. The SMILES string of the molecule is CCOc1c(NC(=O)OC)ccc2c(C3=C(C(F)(F)F)C=NC(NC4CCCNC4)N3)c[nH]c12. The maximum absolute atomic E-state index is 13.9. The second kappa shape index (κ2) is 9.94. The van der Waals surface area contributed by atoms with E-state index in [4.69, 9.17) is 4.74 Å². The van der Waals surface area contributed by atoms with Gasteiger partial charge in [-0.1, -0.05) is 0 Å². The average Bonchev–Trinajstić information content (AvgIpc) is 3.25. The number of benzene rings is 1. The van der Waals surface area contributed by atoms with Crippen molar-refractivity contribution in [3.8, 4) is 5.75 Å². The van der Waals surface area contributed by atoms with Crippen LogP contribution in [0.25, 0.3) is 16.6 Å². The number of rotatable bonds is 6. The maximum atomic E-state index is 13.9. The lowest BCUT2D eigenvalue weighted by Gasteiger charge is -2.31. The highest BCUT2D eigenvalue weighted by atomic mass is 19.4. The molecule has 2 unspecified atom stereocenters. The standard InChI is InChI=1S/C22H27F3N6O3/c1-3-34-19-16(30-21(32)33-2)7-6-13-14(10-27-18(13)19)17-15(22(23,24)25)11-28-20(31-17)29-12-5-4-8-26-9-12/h6-7,10-12,20,26-27,29,31H,3-5,8-9H2,1-2H3,(H,30,32). The van der Waals surface area contributed by atoms with Crippen LogP contribution < -0.4 is 26.0 Å². The first-order valence-electron chi connectivity index (χ1n) is 11.0. The molecule has 34 heavy (non-hydrogen) atoms. The van der Waals surface area contributed by atoms with E-state index < -0.39 is 24.1 Å². The highest BCUT2D eigenvalue weighted by molar-refractivity contribution is 6.04. The minimum atomic E-state index is -4.61. The zero-order valence-electron chi connectivity index (χ0n) is 18.8. The minimum absolute atomic E-state index is 0.0915. The molecule has 2 aliphatic rings. The Kier molecular flexibility index (Phi) is 6.98. The van der Waals surface area contributed by atoms with Crippen molar-refractivity contribution >= 4 is 34.6 Å². The van der Waals surface area contributed by atoms with Crippen LogP contribution in [0.2, 0.25) is 0 Å². The molecule has 1 aromatic carbocycles. The van der Waals surface area contributed by atoms with E-state index in [1.807, 2.05) is 0 Å². The van der Waals surface area contributed by atoms with E-state index in [9.17, 15) is 18.0 Å². The van der Waals surface area contributed by atoms with Gasteiger partial charge in [0.2, 0.25) is 0 Å². The summed E-state index contributed by atoms with van der Waals surface area (Å²) in [6, 6.07) is 3.28. The number of aromatic amines is 1. The van der Waals surface area contributed by atoms with E-state index in [0.717, 1.165) is 32.1 Å². The fourth-order valence-electron chi connectivity index (χ4n) is 4.14. The van der Waals surface area contributed by atoms with Crippen molar-refractivity contribution in [3.63, 3.8) is 0 Å². The summed E-state index contributed by atoms with van der Waals surface area (Å²) in [5, 5.41) is 12.5. The lowest BCUT2D eigenvalue weighted by Crippen LogP contribution is -2.52. The molecule has 9 nitrogen and oxygen atoms in total. The number of hydrogen-bond acceptors (Lipinski definition) is 7. The summed E-state index contributed by atoms with van der Waals surface area (Å²) in [5.41, 5.74) is 0.133. The lowest BCUT2D eigenvalue weighted by molar-refractivity contribution is -0.0855. The summed E-state index contributed by atoms with van der Waals surface area (Å²) >= 11 is 0. The number of aromatic nitrogens is 1. The average molecular weight is 480 g/mol. The van der Waals surface area contributed by atoms with Gasteiger partial charge >= 0.3 is 12.3 Å². The number of carbonyl (C=O) groups excluding carboxylic acids is 1. The van der Waals surface area contributed by atoms with Gasteiger partial charge in [-0.25, -0.2) is 4.79 Å². The van der Waals surface area contributed by atoms with Gasteiger partial charge in [0.25, 0.3) is 0 Å². The molecule has 0 spiro atoms. The Hall–Kier alpha value is -3.25. The highest BCUT2D eigenvalue weighted by Crippen LogP contribution is 2.39. The summed E-state index contributed by atoms with van der Waals surface area (Å²) in [6.07, 6.45) is -1.76. The molecular formula is C22H27F3N6O3. The summed E-state index contributed by atoms with van der Waals surface area (Å²) in [6.45, 7) is 3.70. The third kappa shape index (κ3) is 4.97. The molecule has 0 bridgehead atoms. The Morgan fingerprint density at radius 1 is 1.32 bits per heavy atom. The van der Waals surface area contributed by atoms with Crippen molar-refractivity contribution in [1.29, 1.82) is 0 Å². The van der Waals surface area contributed by atoms with Gasteiger partial charge in [0.1, 0.15) is 0 Å². The number of allylic oxidation sites excluding steroid dienone is 1. The molecule has 0 radical (unpaired) electrons. The van der Waals surface area contributed by atoms with Gasteiger partial charge in [-0.2, -0.15) is 13.2 Å². The van der Waals surface area contributed by atoms with Crippen molar-refractivity contribution in [2.45, 2.75) is 38.3 Å². The molecule has 4 rings (SSSR count). The third-order valence-corrected chi connectivity index (χ3v) is 5.69. The molecule has 2 aliphatic heterocycles. The van der Waals surface area contributed by atoms with Gasteiger partial charge in [0.05, 0.1) is 36.2 Å². The Morgan fingerprint density at radius 3 is 2.82 bits per heavy atom. The molecule has 3 heterocycles. The van der Waals surface area contributed by atoms with Crippen LogP contribution in [0.5, 0.6) is 5.75 Å². The Morgan fingerprint density at radius 2 is 2.15 bits per heavy atom. The number of aliphatic imine (C=N–C) groups is 1. The summed E-state index contributed by atoms with van der Waals surface area (Å²) in [5.74, 6) is 0.304. The van der Waals surface area contributed by atoms with Crippen molar-refractivity contribution in [2.24, 2.45) is 4.99 Å². The number of methoxy groups -OCH3 is 1. The van der Waals surface area contributed by atoms with Gasteiger partial charge in [-0.15, -0.1) is 0 Å². The van der Waals surface area contributed by atoms with Crippen LogP contribution in [0.15, 0.2) is 28.9 Å². The molecule has 2 atom stereocenters. The molecular weight excluding hydrogens is 453 g/mol. The number of amides is 1. The molecule has 1 amide bonds. The van der Waals surface area contributed by atoms with E-state index in [1.165, 1.54) is 13.3 Å². The van der Waals surface area contributed by atoms with Crippen molar-refractivity contribution < 1.29 is 27.4 Å². The predicted octanol–water partition coefficient (Wildman–Crippen LogP) is 3.32. The number of nitrogens with zero attached hydrogens (tertiary/aromatic N) is 1. The largest absolute Gasteiger partial charge is 0.489 e. The quantitative estimate of drug-likeness (QED) is 0.434. The number of piperidine rings is 1. The topological polar surface area (TPSA) is 112 Å². The second-order valence-corrected chi connectivity index (χ2v) is 7.94. The van der Waals surface area contributed by atoms with Gasteiger partial charge in [0.15, 0.2) is 12.0 Å². The van der Waals surface area contributed by atoms with Gasteiger partial charge < -0.3 is 25.1 Å². The van der Waals surface area contributed by atoms with Gasteiger partial charge in [-0.05, 0) is 38.4 Å². The Labute approximate surface area is 194 Å². The fraction of sp³-hybridized carbons (Fsp3) is 0.455. The van der Waals surface area contributed by atoms with E-state index in [2.05, 4.69) is 36.0 Å². The summed E-state index contributed by atoms with van der Waals surface area (Å²) < 4.78 is 52.0. The van der Waals surface area contributed by atoms with Crippen LogP contribution in [-0.2, 0) is 4.74 Å². The van der Waals surface area contributed by atoms with Crippen LogP contribution >= 0.6 is 0 Å². The van der Waals surface area contributed by atoms with Crippen LogP contribution in [0.3, 0.4) is 0 Å². The first kappa shape index (κ1) is 23.9. The Bertz CT molecular complexity index is 1110. The van der Waals surface area contributed by atoms with Crippen molar-refractivity contribution in [1.82, 2.24) is 20.9 Å². The van der Waals surface area contributed by atoms with E-state index in [0.29, 0.717) is 27.9 Å². The molecule has 5 N–H and O–H groups in total. The van der Waals surface area contributed by atoms with Crippen molar-refractivity contribution in [3.05, 3.63) is 29.5 Å². The smallest absolute Gasteiger partial charge is 0.419 e. The zero-order valence-corrected chi connectivity index (χ0v) is 18.8. The van der Waals surface area contributed by atoms with Crippen LogP contribution in [-0.4, -0.2) is 62.6 Å². The molecule has 184 valence electrons. The molecule has 12 heteroatoms. The van der Waals surface area contributed by atoms with E-state index in [1.54, 1.807) is 19.1 Å². The molecule has 2 aromatic rings. The number of H-pyrrole nitrogens is 1. The molecule has 1 saturated heterocycles. The summed E-state index contributed by atoms with van der Waals surface area (Å²) in [7, 11) is 1.23. The minimum Gasteiger partial charge on any atom is -0.489 e. The number of hydrogen-bond donors (Lipinski definition) is 5. The number of fused-ring (bicyclic) bond motifs is 1. The van der Waals surface area contributed by atoms with Gasteiger partial charge in [0, 0.05) is 35.9 Å². The van der Waals surface area contributed by atoms with Crippen LogP contribution in [0.4, 0.5) is 23.7 Å². The monoisotopic (exact) mass is 480 g/mol. The first-order chi connectivity index (χ1) is 16.3. The number of carbonyl (C=O) groups is 1. The number of alkyl halides is 3. The number of anilines is 1. The van der Waals surface area contributed by atoms with E-state index >= 15 is 0 Å². The number of ether oxygens (including phenoxy) is 2. The number of halogens is 3. The predicted molar refractivity (Wildman–Crippen MR) is 123 cm³/mol. The zero-order chi connectivity index (χ0) is 24.3. The second-order valence-electron chi connectivity index (χ2n) is 7.94. The van der Waals surface area contributed by atoms with Crippen LogP contribution in [0, 0.1) is 0 Å². The molecule has 0 saturated carbocycles. The van der Waals surface area contributed by atoms with Crippen LogP contribution in [0.1, 0.15) is 25.3 Å². The maximum Gasteiger partial charge on any atom is 0.419 e. The van der Waals surface area contributed by atoms with Crippen molar-refractivity contribution in [2.75, 3.05) is 32.1 Å². The highest BCUT2D eigenvalue weighted by Gasteiger charge is 2.39. The first-order valence-corrected chi connectivity index (χ1v) is 11.0. The lowest BCUT2D eigenvalue weighted by atomic mass is 10.0. The Balaban J connectivity index is 1.73. The normalized spacial score (nSPS) is 20.9. The van der Waals surface area contributed by atoms with Gasteiger partial charge in [-0.3, -0.25) is 15.6 Å². The molecule has 0 aliphatic carbocycles. The fourth-order valence-corrected chi connectivity index (χ4v) is 4.14. The molecule has 1 aromatic heterocycles. The summed E-state index contributed by atoms with van der Waals surface area (Å²) in [4.78, 5) is 18.8.